The zero-order chi connectivity index (χ0) is 24.5. The number of amides is 1. The molecule has 0 aliphatic heterocycles. The molecule has 0 saturated heterocycles. The van der Waals surface area contributed by atoms with Crippen LogP contribution in [0.25, 0.3) is 11.3 Å². The van der Waals surface area contributed by atoms with E-state index in [4.69, 9.17) is 8.83 Å². The number of aryl methyl sites for hydroxylation is 1. The number of Topliss-reactive ketones (excluding diaryl/α,β-unsaturated/α-hetero) is 1. The number of aromatic nitrogens is 3. The quantitative estimate of drug-likeness (QED) is 0.381. The van der Waals surface area contributed by atoms with Gasteiger partial charge in [0.15, 0.2) is 34.7 Å². The van der Waals surface area contributed by atoms with Crippen molar-refractivity contribution in [3.05, 3.63) is 71.8 Å². The van der Waals surface area contributed by atoms with Gasteiger partial charge in [0.2, 0.25) is 0 Å². The summed E-state index contributed by atoms with van der Waals surface area (Å²) in [6.45, 7) is 3.12. The first kappa shape index (κ1) is 22.8. The fourth-order valence-electron chi connectivity index (χ4n) is 3.11. The number of oxazole rings is 1. The van der Waals surface area contributed by atoms with Gasteiger partial charge in [0.1, 0.15) is 11.5 Å². The van der Waals surface area contributed by atoms with Crippen LogP contribution in [0.3, 0.4) is 0 Å². The molecule has 34 heavy (non-hydrogen) atoms. The first-order valence-electron chi connectivity index (χ1n) is 9.85. The van der Waals surface area contributed by atoms with Gasteiger partial charge in [-0.05, 0) is 24.3 Å². The Morgan fingerprint density at radius 3 is 2.65 bits per heavy atom. The van der Waals surface area contributed by atoms with Gasteiger partial charge in [-0.1, -0.05) is 12.1 Å². The number of anilines is 1. The van der Waals surface area contributed by atoms with Gasteiger partial charge in [0.05, 0.1) is 6.54 Å². The largest absolute Gasteiger partial charge is 0.573 e. The first-order chi connectivity index (χ1) is 16.1. The number of benzene rings is 1. The molecule has 0 spiro atoms. The molecule has 0 unspecified atom stereocenters. The van der Waals surface area contributed by atoms with Crippen molar-refractivity contribution in [3.8, 4) is 17.1 Å². The van der Waals surface area contributed by atoms with Crippen molar-refractivity contribution in [2.45, 2.75) is 26.8 Å². The molecule has 3 heterocycles. The van der Waals surface area contributed by atoms with E-state index in [1.54, 1.807) is 18.3 Å². The molecular formula is C22H17F3N4O5. The second-order valence-electron chi connectivity index (χ2n) is 7.16. The molecule has 0 aliphatic carbocycles. The van der Waals surface area contributed by atoms with Crippen LogP contribution in [-0.4, -0.2) is 32.8 Å². The summed E-state index contributed by atoms with van der Waals surface area (Å²) in [5.41, 5.74) is 0.0467. The number of hydrogen-bond acceptors (Lipinski definition) is 7. The molecule has 4 rings (SSSR count). The number of carbonyl (C=O) groups is 2. The summed E-state index contributed by atoms with van der Waals surface area (Å²) in [4.78, 5) is 28.2. The highest BCUT2D eigenvalue weighted by Gasteiger charge is 2.31. The topological polar surface area (TPSA) is 112 Å². The second kappa shape index (κ2) is 8.89. The highest BCUT2D eigenvalue weighted by molar-refractivity contribution is 6.06. The summed E-state index contributed by atoms with van der Waals surface area (Å²) < 4.78 is 54.0. The van der Waals surface area contributed by atoms with Crippen molar-refractivity contribution in [2.24, 2.45) is 0 Å². The van der Waals surface area contributed by atoms with E-state index < -0.39 is 18.0 Å². The molecule has 4 aromatic rings. The number of ketones is 1. The average molecular weight is 474 g/mol. The molecule has 1 N–H and O–H groups in total. The van der Waals surface area contributed by atoms with E-state index in [2.05, 4.69) is 20.1 Å². The zero-order valence-corrected chi connectivity index (χ0v) is 17.8. The fraction of sp³-hybridized carbons (Fsp3) is 0.182. The summed E-state index contributed by atoms with van der Waals surface area (Å²) in [5, 5.41) is 6.80. The number of halogens is 3. The minimum atomic E-state index is -4.86. The fourth-order valence-corrected chi connectivity index (χ4v) is 3.11. The third-order valence-electron chi connectivity index (χ3n) is 4.49. The monoisotopic (exact) mass is 474 g/mol. The smallest absolute Gasteiger partial charge is 0.456 e. The Labute approximate surface area is 190 Å². The molecule has 0 fully saturated rings. The van der Waals surface area contributed by atoms with Crippen LogP contribution in [0.15, 0.2) is 57.5 Å². The number of carbonyl (C=O) groups excluding carboxylic acids is 2. The predicted octanol–water partition coefficient (Wildman–Crippen LogP) is 4.84. The molecule has 0 aliphatic rings. The van der Waals surface area contributed by atoms with Crippen LogP contribution >= 0.6 is 0 Å². The second-order valence-corrected chi connectivity index (χ2v) is 7.16. The predicted molar refractivity (Wildman–Crippen MR) is 111 cm³/mol. The van der Waals surface area contributed by atoms with Gasteiger partial charge in [-0.25, -0.2) is 4.98 Å². The SMILES string of the molecule is CC(=O)c1ccc(Cn2ccc(NC(=O)c3nc(C)oc3-c3cccc(OC(F)(F)F)c3)n2)o1. The molecule has 0 radical (unpaired) electrons. The minimum Gasteiger partial charge on any atom is -0.456 e. The van der Waals surface area contributed by atoms with E-state index in [1.165, 1.54) is 36.7 Å². The van der Waals surface area contributed by atoms with Crippen LogP contribution in [0.1, 0.15) is 39.6 Å². The number of furan rings is 1. The molecule has 9 nitrogen and oxygen atoms in total. The van der Waals surface area contributed by atoms with Gasteiger partial charge < -0.3 is 18.9 Å². The van der Waals surface area contributed by atoms with Crippen molar-refractivity contribution in [2.75, 3.05) is 5.32 Å². The Kier molecular flexibility index (Phi) is 5.97. The summed E-state index contributed by atoms with van der Waals surface area (Å²) >= 11 is 0. The van der Waals surface area contributed by atoms with Gasteiger partial charge in [-0.3, -0.25) is 14.3 Å². The average Bonchev–Trinajstić information content (AvgIpc) is 3.47. The summed E-state index contributed by atoms with van der Waals surface area (Å²) in [6, 6.07) is 9.78. The maximum atomic E-state index is 12.8. The highest BCUT2D eigenvalue weighted by atomic mass is 19.4. The van der Waals surface area contributed by atoms with Crippen molar-refractivity contribution in [1.29, 1.82) is 0 Å². The maximum absolute atomic E-state index is 12.8. The summed E-state index contributed by atoms with van der Waals surface area (Å²) in [7, 11) is 0. The van der Waals surface area contributed by atoms with Gasteiger partial charge in [0.25, 0.3) is 5.91 Å². The number of ether oxygens (including phenoxy) is 1. The maximum Gasteiger partial charge on any atom is 0.573 e. The van der Waals surface area contributed by atoms with Crippen molar-refractivity contribution in [1.82, 2.24) is 14.8 Å². The van der Waals surface area contributed by atoms with Crippen LogP contribution in [0.2, 0.25) is 0 Å². The van der Waals surface area contributed by atoms with E-state index in [0.29, 0.717) is 5.76 Å². The zero-order valence-electron chi connectivity index (χ0n) is 17.8. The van der Waals surface area contributed by atoms with Crippen LogP contribution in [-0.2, 0) is 6.54 Å². The summed E-state index contributed by atoms with van der Waals surface area (Å²) in [5.74, 6) is -0.277. The van der Waals surface area contributed by atoms with E-state index in [0.717, 1.165) is 12.1 Å². The van der Waals surface area contributed by atoms with Crippen LogP contribution in [0.5, 0.6) is 5.75 Å². The number of nitrogens with one attached hydrogen (secondary N) is 1. The third-order valence-corrected chi connectivity index (χ3v) is 4.49. The van der Waals surface area contributed by atoms with Gasteiger partial charge in [-0.2, -0.15) is 5.10 Å². The normalized spacial score (nSPS) is 11.4. The lowest BCUT2D eigenvalue weighted by molar-refractivity contribution is -0.274. The molecule has 0 saturated carbocycles. The number of alkyl halides is 3. The molecule has 176 valence electrons. The Morgan fingerprint density at radius 1 is 1.15 bits per heavy atom. The standard InChI is InChI=1S/C22H17F3N4O5/c1-12(30)17-7-6-16(33-17)11-29-9-8-18(28-29)27-21(31)19-20(32-13(2)26-19)14-4-3-5-15(10-14)34-22(23,24)25/h3-10H,11H2,1-2H3,(H,27,28,31). The Balaban J connectivity index is 1.51. The van der Waals surface area contributed by atoms with Crippen LogP contribution in [0, 0.1) is 6.92 Å². The van der Waals surface area contributed by atoms with Crippen molar-refractivity contribution in [3.63, 3.8) is 0 Å². The molecule has 12 heteroatoms. The number of hydrogen-bond donors (Lipinski definition) is 1. The highest BCUT2D eigenvalue weighted by Crippen LogP contribution is 2.31. The molecule has 1 amide bonds. The third kappa shape index (κ3) is 5.34. The lowest BCUT2D eigenvalue weighted by atomic mass is 10.1. The number of nitrogens with zero attached hydrogens (tertiary/aromatic N) is 3. The lowest BCUT2D eigenvalue weighted by Crippen LogP contribution is -2.17. The first-order valence-corrected chi connectivity index (χ1v) is 9.85. The lowest BCUT2D eigenvalue weighted by Gasteiger charge is -2.09. The van der Waals surface area contributed by atoms with Gasteiger partial charge >= 0.3 is 6.36 Å². The van der Waals surface area contributed by atoms with Gasteiger partial charge in [-0.15, -0.1) is 13.2 Å². The van der Waals surface area contributed by atoms with E-state index in [9.17, 15) is 22.8 Å². The summed E-state index contributed by atoms with van der Waals surface area (Å²) in [6.07, 6.45) is -3.27. The number of rotatable bonds is 7. The Hall–Kier alpha value is -4.35. The van der Waals surface area contributed by atoms with Crippen molar-refractivity contribution < 1.29 is 36.3 Å². The van der Waals surface area contributed by atoms with E-state index in [-0.39, 0.29) is 46.8 Å². The molecule has 3 aromatic heterocycles. The van der Waals surface area contributed by atoms with E-state index >= 15 is 0 Å². The Morgan fingerprint density at radius 2 is 1.94 bits per heavy atom. The van der Waals surface area contributed by atoms with Crippen molar-refractivity contribution >= 4 is 17.5 Å². The van der Waals surface area contributed by atoms with Crippen LogP contribution < -0.4 is 10.1 Å². The van der Waals surface area contributed by atoms with Gasteiger partial charge in [0, 0.05) is 31.7 Å². The molecule has 0 atom stereocenters. The molecule has 0 bridgehead atoms. The van der Waals surface area contributed by atoms with E-state index in [1.807, 2.05) is 0 Å². The molecular weight excluding hydrogens is 457 g/mol. The molecule has 1 aromatic carbocycles. The van der Waals surface area contributed by atoms with Crippen LogP contribution in [0.4, 0.5) is 19.0 Å². The Bertz CT molecular complexity index is 1350. The minimum absolute atomic E-state index is 0.0191.